The Hall–Kier alpha value is -1.34. The third-order valence-electron chi connectivity index (χ3n) is 5.98. The predicted molar refractivity (Wildman–Crippen MR) is 114 cm³/mol. The third-order valence-corrected chi connectivity index (χ3v) is 7.01. The minimum atomic E-state index is -0.0797. The maximum atomic E-state index is 13.2. The van der Waals surface area contributed by atoms with Crippen molar-refractivity contribution in [3.63, 3.8) is 0 Å². The predicted octanol–water partition coefficient (Wildman–Crippen LogP) is 5.00. The van der Waals surface area contributed by atoms with E-state index in [2.05, 4.69) is 22.1 Å². The van der Waals surface area contributed by atoms with E-state index >= 15 is 0 Å². The Bertz CT molecular complexity index is 667. The Kier molecular flexibility index (Phi) is 7.57. The fourth-order valence-electron chi connectivity index (χ4n) is 4.38. The number of aromatic nitrogens is 1. The van der Waals surface area contributed by atoms with Gasteiger partial charge in [0.05, 0.1) is 6.20 Å². The lowest BCUT2D eigenvalue weighted by Crippen LogP contribution is -2.54. The van der Waals surface area contributed by atoms with Crippen molar-refractivity contribution in [1.82, 2.24) is 14.8 Å². The summed E-state index contributed by atoms with van der Waals surface area (Å²) in [6, 6.07) is 0.345. The number of carbonyl (C=O) groups excluding carboxylic acids is 2. The second-order valence-corrected chi connectivity index (χ2v) is 9.74. The summed E-state index contributed by atoms with van der Waals surface area (Å²) in [6.45, 7) is 5.79. The smallest absolute Gasteiger partial charge is 0.324 e. The quantitative estimate of drug-likeness (QED) is 0.720. The molecule has 1 aliphatic carbocycles. The summed E-state index contributed by atoms with van der Waals surface area (Å²) in [7, 11) is 0. The van der Waals surface area contributed by atoms with Gasteiger partial charge in [0.2, 0.25) is 5.91 Å². The van der Waals surface area contributed by atoms with Gasteiger partial charge in [0, 0.05) is 31.6 Å². The zero-order chi connectivity index (χ0) is 20.1. The van der Waals surface area contributed by atoms with E-state index in [9.17, 15) is 9.59 Å². The van der Waals surface area contributed by atoms with Gasteiger partial charge in [-0.2, -0.15) is 0 Å². The van der Waals surface area contributed by atoms with Crippen LogP contribution in [0.2, 0.25) is 4.34 Å². The molecule has 8 heteroatoms. The van der Waals surface area contributed by atoms with Gasteiger partial charge in [-0.3, -0.25) is 10.1 Å². The highest BCUT2D eigenvalue weighted by Crippen LogP contribution is 2.32. The molecular formula is C20H31ClN4O2S. The Balaban J connectivity index is 1.67. The average molecular weight is 427 g/mol. The first kappa shape index (κ1) is 21.4. The minimum Gasteiger partial charge on any atom is -0.343 e. The number of carbonyl (C=O) groups is 2. The number of thiazole rings is 1. The molecule has 1 saturated carbocycles. The second kappa shape index (κ2) is 9.92. The van der Waals surface area contributed by atoms with Gasteiger partial charge in [-0.15, -0.1) is 0 Å². The summed E-state index contributed by atoms with van der Waals surface area (Å²) in [5.74, 6) is 0.966. The number of likely N-dealkylation sites (tertiary alicyclic amines) is 1. The summed E-state index contributed by atoms with van der Waals surface area (Å²) in [4.78, 5) is 33.6. The van der Waals surface area contributed by atoms with E-state index in [1.54, 1.807) is 6.20 Å². The second-order valence-electron chi connectivity index (χ2n) is 8.08. The van der Waals surface area contributed by atoms with Crippen molar-refractivity contribution in [2.75, 3.05) is 18.4 Å². The van der Waals surface area contributed by atoms with E-state index in [0.29, 0.717) is 15.9 Å². The van der Waals surface area contributed by atoms with Crippen LogP contribution in [-0.2, 0) is 4.79 Å². The molecule has 156 valence electrons. The number of hydrogen-bond acceptors (Lipinski definition) is 4. The van der Waals surface area contributed by atoms with E-state index in [0.717, 1.165) is 64.0 Å². The molecule has 1 aliphatic heterocycles. The van der Waals surface area contributed by atoms with Gasteiger partial charge in [0.1, 0.15) is 4.34 Å². The zero-order valence-corrected chi connectivity index (χ0v) is 18.4. The Morgan fingerprint density at radius 1 is 1.21 bits per heavy atom. The van der Waals surface area contributed by atoms with Crippen LogP contribution in [0.4, 0.5) is 9.93 Å². The van der Waals surface area contributed by atoms with Crippen LogP contribution in [0.3, 0.4) is 0 Å². The topological polar surface area (TPSA) is 65.5 Å². The highest BCUT2D eigenvalue weighted by Gasteiger charge is 2.35. The standard InChI is InChI=1S/C20H31ClN4O2S/c1-3-4-18(26)24-11-9-16(10-12-24)25(15-7-5-14(2)6-8-15)20(27)23-19-22-13-17(21)28-19/h13-16H,3-12H2,1-2H3,(H,22,23,27)/t14-,15-. The monoisotopic (exact) mass is 426 g/mol. The van der Waals surface area contributed by atoms with Crippen LogP contribution in [0.1, 0.15) is 65.2 Å². The molecule has 1 aromatic heterocycles. The molecule has 0 aromatic carbocycles. The van der Waals surface area contributed by atoms with Crippen LogP contribution in [0, 0.1) is 5.92 Å². The number of halogens is 1. The van der Waals surface area contributed by atoms with E-state index in [1.807, 2.05) is 11.8 Å². The molecule has 3 amide bonds. The SMILES string of the molecule is CCCC(=O)N1CCC(N(C(=O)Nc2ncc(Cl)s2)[C@H]2CC[C@H](C)CC2)CC1. The third kappa shape index (κ3) is 5.38. The first-order chi connectivity index (χ1) is 13.5. The van der Waals surface area contributed by atoms with Crippen molar-refractivity contribution < 1.29 is 9.59 Å². The first-order valence-corrected chi connectivity index (χ1v) is 11.7. The number of hydrogen-bond donors (Lipinski definition) is 1. The molecule has 3 rings (SSSR count). The van der Waals surface area contributed by atoms with Crippen LogP contribution in [0.15, 0.2) is 6.20 Å². The molecule has 1 N–H and O–H groups in total. The molecule has 0 unspecified atom stereocenters. The van der Waals surface area contributed by atoms with Crippen molar-refractivity contribution >= 4 is 40.0 Å². The van der Waals surface area contributed by atoms with Gasteiger partial charge in [-0.1, -0.05) is 36.8 Å². The minimum absolute atomic E-state index is 0.0797. The number of urea groups is 1. The highest BCUT2D eigenvalue weighted by molar-refractivity contribution is 7.19. The van der Waals surface area contributed by atoms with Crippen LogP contribution < -0.4 is 5.32 Å². The van der Waals surface area contributed by atoms with Gasteiger partial charge in [-0.25, -0.2) is 9.78 Å². The number of piperidine rings is 1. The molecule has 1 aromatic rings. The Morgan fingerprint density at radius 2 is 1.86 bits per heavy atom. The average Bonchev–Trinajstić information content (AvgIpc) is 3.09. The molecule has 0 spiro atoms. The van der Waals surface area contributed by atoms with Gasteiger partial charge in [0.25, 0.3) is 0 Å². The first-order valence-electron chi connectivity index (χ1n) is 10.5. The van der Waals surface area contributed by atoms with Gasteiger partial charge in [-0.05, 0) is 50.9 Å². The van der Waals surface area contributed by atoms with Crippen LogP contribution in [0.5, 0.6) is 0 Å². The maximum Gasteiger partial charge on any atom is 0.324 e. The molecule has 2 fully saturated rings. The van der Waals surface area contributed by atoms with E-state index in [1.165, 1.54) is 11.3 Å². The lowest BCUT2D eigenvalue weighted by Gasteiger charge is -2.44. The van der Waals surface area contributed by atoms with E-state index in [-0.39, 0.29) is 24.0 Å². The lowest BCUT2D eigenvalue weighted by atomic mass is 9.85. The fourth-order valence-corrected chi connectivity index (χ4v) is 5.19. The normalized spacial score (nSPS) is 23.5. The number of nitrogens with one attached hydrogen (secondary N) is 1. The van der Waals surface area contributed by atoms with Crippen LogP contribution >= 0.6 is 22.9 Å². The number of anilines is 1. The van der Waals surface area contributed by atoms with Gasteiger partial charge in [0.15, 0.2) is 5.13 Å². The van der Waals surface area contributed by atoms with E-state index < -0.39 is 0 Å². The fraction of sp³-hybridized carbons (Fsp3) is 0.750. The number of nitrogens with zero attached hydrogens (tertiary/aromatic N) is 3. The van der Waals surface area contributed by atoms with Crippen molar-refractivity contribution in [2.45, 2.75) is 77.3 Å². The molecule has 28 heavy (non-hydrogen) atoms. The maximum absolute atomic E-state index is 13.2. The Labute approximate surface area is 176 Å². The summed E-state index contributed by atoms with van der Waals surface area (Å²) in [6.07, 6.45) is 9.14. The van der Waals surface area contributed by atoms with Gasteiger partial charge >= 0.3 is 6.03 Å². The summed E-state index contributed by atoms with van der Waals surface area (Å²) >= 11 is 7.24. The summed E-state index contributed by atoms with van der Waals surface area (Å²) in [5, 5.41) is 3.49. The summed E-state index contributed by atoms with van der Waals surface area (Å²) < 4.78 is 0.566. The van der Waals surface area contributed by atoms with Crippen LogP contribution in [-0.4, -0.2) is 51.9 Å². The van der Waals surface area contributed by atoms with E-state index in [4.69, 9.17) is 11.6 Å². The molecular weight excluding hydrogens is 396 g/mol. The zero-order valence-electron chi connectivity index (χ0n) is 16.8. The summed E-state index contributed by atoms with van der Waals surface area (Å²) in [5.41, 5.74) is 0. The van der Waals surface area contributed by atoms with Crippen molar-refractivity contribution in [2.24, 2.45) is 5.92 Å². The molecule has 2 heterocycles. The highest BCUT2D eigenvalue weighted by atomic mass is 35.5. The molecule has 2 aliphatic rings. The van der Waals surface area contributed by atoms with Crippen molar-refractivity contribution in [3.8, 4) is 0 Å². The molecule has 1 saturated heterocycles. The molecule has 0 atom stereocenters. The number of rotatable bonds is 5. The molecule has 0 radical (unpaired) electrons. The number of amides is 3. The largest absolute Gasteiger partial charge is 0.343 e. The van der Waals surface area contributed by atoms with Crippen molar-refractivity contribution in [3.05, 3.63) is 10.5 Å². The van der Waals surface area contributed by atoms with Gasteiger partial charge < -0.3 is 9.80 Å². The lowest BCUT2D eigenvalue weighted by molar-refractivity contribution is -0.132. The van der Waals surface area contributed by atoms with Crippen molar-refractivity contribution in [1.29, 1.82) is 0 Å². The molecule has 0 bridgehead atoms. The Morgan fingerprint density at radius 3 is 2.43 bits per heavy atom. The van der Waals surface area contributed by atoms with Crippen LogP contribution in [0.25, 0.3) is 0 Å². The molecule has 6 nitrogen and oxygen atoms in total.